The Hall–Kier alpha value is -1.51. The van der Waals surface area contributed by atoms with Gasteiger partial charge in [0.05, 0.1) is 14.2 Å². The number of ether oxygens (including phenoxy) is 2. The first-order chi connectivity index (χ1) is 10.5. The maximum atomic E-state index is 12.8. The highest BCUT2D eigenvalue weighted by Crippen LogP contribution is 2.35. The second-order valence-corrected chi connectivity index (χ2v) is 8.36. The standard InChI is InChI=1S/C20H32O3/c1-19(2,3)11-9-10-14-12-16(22-7)17(23-8)13-15(14)18(21)20(4,5)6/h12-13H,9-11H2,1-8H3. The summed E-state index contributed by atoms with van der Waals surface area (Å²) in [7, 11) is 3.23. The van der Waals surface area contributed by atoms with Gasteiger partial charge in [0.2, 0.25) is 0 Å². The van der Waals surface area contributed by atoms with Gasteiger partial charge < -0.3 is 9.47 Å². The number of carbonyl (C=O) groups excluding carboxylic acids is 1. The molecular formula is C20H32O3. The molecule has 0 aliphatic rings. The molecule has 0 aliphatic carbocycles. The minimum absolute atomic E-state index is 0.143. The van der Waals surface area contributed by atoms with E-state index in [1.165, 1.54) is 0 Å². The Kier molecular flexibility index (Phi) is 6.26. The molecule has 0 saturated heterocycles. The summed E-state index contributed by atoms with van der Waals surface area (Å²) in [6, 6.07) is 3.79. The summed E-state index contributed by atoms with van der Waals surface area (Å²) in [6.07, 6.45) is 3.03. The lowest BCUT2D eigenvalue weighted by atomic mass is 9.82. The van der Waals surface area contributed by atoms with E-state index in [1.54, 1.807) is 14.2 Å². The molecule has 0 atom stereocenters. The quantitative estimate of drug-likeness (QED) is 0.667. The van der Waals surface area contributed by atoms with Crippen molar-refractivity contribution in [2.45, 2.75) is 60.8 Å². The van der Waals surface area contributed by atoms with Crippen LogP contribution in [0.15, 0.2) is 12.1 Å². The molecule has 0 unspecified atom stereocenters. The number of methoxy groups -OCH3 is 2. The van der Waals surface area contributed by atoms with Gasteiger partial charge in [-0.15, -0.1) is 0 Å². The van der Waals surface area contributed by atoms with Crippen molar-refractivity contribution in [1.29, 1.82) is 0 Å². The lowest BCUT2D eigenvalue weighted by Gasteiger charge is -2.22. The van der Waals surface area contributed by atoms with Crippen molar-refractivity contribution in [2.24, 2.45) is 10.8 Å². The molecule has 1 aromatic carbocycles. The molecule has 0 aromatic heterocycles. The predicted octanol–water partition coefficient (Wildman–Crippen LogP) is 5.30. The summed E-state index contributed by atoms with van der Waals surface area (Å²) in [5, 5.41) is 0. The molecule has 3 heteroatoms. The van der Waals surface area contributed by atoms with E-state index in [-0.39, 0.29) is 5.78 Å². The van der Waals surface area contributed by atoms with Crippen LogP contribution in [0.25, 0.3) is 0 Å². The van der Waals surface area contributed by atoms with Crippen LogP contribution in [0.2, 0.25) is 0 Å². The van der Waals surface area contributed by atoms with E-state index < -0.39 is 5.41 Å². The number of hydrogen-bond donors (Lipinski definition) is 0. The van der Waals surface area contributed by atoms with Gasteiger partial charge in [0.25, 0.3) is 0 Å². The fourth-order valence-corrected chi connectivity index (χ4v) is 2.55. The van der Waals surface area contributed by atoms with Crippen molar-refractivity contribution in [2.75, 3.05) is 14.2 Å². The molecule has 1 aromatic rings. The van der Waals surface area contributed by atoms with E-state index in [0.29, 0.717) is 16.9 Å². The Morgan fingerprint density at radius 1 is 0.957 bits per heavy atom. The van der Waals surface area contributed by atoms with E-state index >= 15 is 0 Å². The van der Waals surface area contributed by atoms with Gasteiger partial charge >= 0.3 is 0 Å². The van der Waals surface area contributed by atoms with Gasteiger partial charge in [-0.2, -0.15) is 0 Å². The smallest absolute Gasteiger partial charge is 0.168 e. The van der Waals surface area contributed by atoms with Crippen LogP contribution in [-0.4, -0.2) is 20.0 Å². The Balaban J connectivity index is 3.21. The van der Waals surface area contributed by atoms with E-state index in [9.17, 15) is 4.79 Å². The number of benzene rings is 1. The molecule has 23 heavy (non-hydrogen) atoms. The maximum Gasteiger partial charge on any atom is 0.168 e. The van der Waals surface area contributed by atoms with Gasteiger partial charge in [-0.05, 0) is 42.4 Å². The van der Waals surface area contributed by atoms with Gasteiger partial charge in [0, 0.05) is 11.0 Å². The van der Waals surface area contributed by atoms with Crippen LogP contribution in [0.4, 0.5) is 0 Å². The number of ketones is 1. The highest BCUT2D eigenvalue weighted by molar-refractivity contribution is 6.01. The van der Waals surface area contributed by atoms with Crippen LogP contribution in [-0.2, 0) is 6.42 Å². The molecule has 0 fully saturated rings. The van der Waals surface area contributed by atoms with E-state index in [1.807, 2.05) is 32.9 Å². The van der Waals surface area contributed by atoms with Crippen molar-refractivity contribution in [3.8, 4) is 11.5 Å². The molecular weight excluding hydrogens is 288 g/mol. The molecule has 0 saturated carbocycles. The normalized spacial score (nSPS) is 12.2. The van der Waals surface area contributed by atoms with Crippen LogP contribution in [0, 0.1) is 10.8 Å². The molecule has 0 amide bonds. The number of Topliss-reactive ketones (excluding diaryl/α,β-unsaturated/α-hetero) is 1. The van der Waals surface area contributed by atoms with Crippen molar-refractivity contribution < 1.29 is 14.3 Å². The average molecular weight is 320 g/mol. The topological polar surface area (TPSA) is 35.5 Å². The molecule has 0 spiro atoms. The number of aryl methyl sites for hydroxylation is 1. The fourth-order valence-electron chi connectivity index (χ4n) is 2.55. The Bertz CT molecular complexity index is 545. The minimum Gasteiger partial charge on any atom is -0.493 e. The summed E-state index contributed by atoms with van der Waals surface area (Å²) < 4.78 is 10.8. The number of rotatable bonds is 6. The third kappa shape index (κ3) is 5.56. The highest BCUT2D eigenvalue weighted by atomic mass is 16.5. The molecule has 1 rings (SSSR count). The second-order valence-electron chi connectivity index (χ2n) is 8.36. The first-order valence-corrected chi connectivity index (χ1v) is 8.29. The Morgan fingerprint density at radius 2 is 1.48 bits per heavy atom. The fraction of sp³-hybridized carbons (Fsp3) is 0.650. The first kappa shape index (κ1) is 19.5. The lowest BCUT2D eigenvalue weighted by Crippen LogP contribution is -2.22. The van der Waals surface area contributed by atoms with Crippen molar-refractivity contribution in [1.82, 2.24) is 0 Å². The average Bonchev–Trinajstić information content (AvgIpc) is 2.43. The lowest BCUT2D eigenvalue weighted by molar-refractivity contribution is 0.0857. The molecule has 0 heterocycles. The summed E-state index contributed by atoms with van der Waals surface area (Å²) in [5.41, 5.74) is 1.68. The highest BCUT2D eigenvalue weighted by Gasteiger charge is 2.26. The van der Waals surface area contributed by atoms with Crippen LogP contribution in [0.5, 0.6) is 11.5 Å². The molecule has 0 aliphatic heterocycles. The van der Waals surface area contributed by atoms with Crippen LogP contribution >= 0.6 is 0 Å². The predicted molar refractivity (Wildman–Crippen MR) is 95.7 cm³/mol. The van der Waals surface area contributed by atoms with E-state index in [4.69, 9.17) is 9.47 Å². The van der Waals surface area contributed by atoms with Crippen molar-refractivity contribution >= 4 is 5.78 Å². The zero-order chi connectivity index (χ0) is 17.8. The number of carbonyl (C=O) groups is 1. The van der Waals surface area contributed by atoms with Gasteiger partial charge in [-0.1, -0.05) is 41.5 Å². The summed E-state index contributed by atoms with van der Waals surface area (Å²) >= 11 is 0. The molecule has 0 N–H and O–H groups in total. The third-order valence-corrected chi connectivity index (χ3v) is 3.91. The van der Waals surface area contributed by atoms with Crippen LogP contribution in [0.3, 0.4) is 0 Å². The summed E-state index contributed by atoms with van der Waals surface area (Å²) in [5.74, 6) is 1.44. The van der Waals surface area contributed by atoms with Gasteiger partial charge in [-0.25, -0.2) is 0 Å². The monoisotopic (exact) mass is 320 g/mol. The van der Waals surface area contributed by atoms with Crippen molar-refractivity contribution in [3.05, 3.63) is 23.3 Å². The SMILES string of the molecule is COc1cc(CCCC(C)(C)C)c(C(=O)C(C)(C)C)cc1OC. The summed E-state index contributed by atoms with van der Waals surface area (Å²) in [6.45, 7) is 12.6. The van der Waals surface area contributed by atoms with Gasteiger partial charge in [0.15, 0.2) is 17.3 Å². The zero-order valence-electron chi connectivity index (χ0n) is 16.0. The van der Waals surface area contributed by atoms with E-state index in [2.05, 4.69) is 20.8 Å². The zero-order valence-corrected chi connectivity index (χ0v) is 16.0. The molecule has 0 bridgehead atoms. The largest absolute Gasteiger partial charge is 0.493 e. The minimum atomic E-state index is -0.418. The maximum absolute atomic E-state index is 12.8. The second kappa shape index (κ2) is 7.37. The Labute approximate surface area is 141 Å². The number of hydrogen-bond acceptors (Lipinski definition) is 3. The van der Waals surface area contributed by atoms with E-state index in [0.717, 1.165) is 30.4 Å². The van der Waals surface area contributed by atoms with Gasteiger partial charge in [0.1, 0.15) is 0 Å². The third-order valence-electron chi connectivity index (χ3n) is 3.91. The Morgan fingerprint density at radius 3 is 1.91 bits per heavy atom. The first-order valence-electron chi connectivity index (χ1n) is 8.29. The molecule has 0 radical (unpaired) electrons. The molecule has 3 nitrogen and oxygen atoms in total. The van der Waals surface area contributed by atoms with Gasteiger partial charge in [-0.3, -0.25) is 4.79 Å². The van der Waals surface area contributed by atoms with Crippen LogP contribution < -0.4 is 9.47 Å². The molecule has 130 valence electrons. The summed E-state index contributed by atoms with van der Waals surface area (Å²) in [4.78, 5) is 12.8. The van der Waals surface area contributed by atoms with Crippen molar-refractivity contribution in [3.63, 3.8) is 0 Å². The van der Waals surface area contributed by atoms with Crippen LogP contribution in [0.1, 0.15) is 70.3 Å².